The molecule has 0 spiro atoms. The van der Waals surface area contributed by atoms with E-state index in [9.17, 15) is 4.79 Å². The van der Waals surface area contributed by atoms with Crippen LogP contribution in [0.3, 0.4) is 0 Å². The molecule has 2 heterocycles. The number of amides is 1. The standard InChI is InChI=1S/C24H36N4O3/c1-6-30-21-9-7-20(8-10-21)15-28(19(4)18(2)3)16-23-25-22(17-31-23)24(29)27-13-11-26(5)12-14-27/h7-10,17-19H,6,11-16H2,1-5H3. The van der Waals surface area contributed by atoms with Crippen molar-refractivity contribution in [2.45, 2.75) is 46.8 Å². The van der Waals surface area contributed by atoms with Crippen LogP contribution < -0.4 is 4.74 Å². The lowest BCUT2D eigenvalue weighted by atomic mass is 10.0. The summed E-state index contributed by atoms with van der Waals surface area (Å²) in [7, 11) is 2.07. The fourth-order valence-electron chi connectivity index (χ4n) is 3.68. The number of carbonyl (C=O) groups is 1. The average molecular weight is 429 g/mol. The summed E-state index contributed by atoms with van der Waals surface area (Å²) in [5, 5.41) is 0. The maximum atomic E-state index is 12.8. The van der Waals surface area contributed by atoms with E-state index in [-0.39, 0.29) is 5.91 Å². The van der Waals surface area contributed by atoms with E-state index in [1.807, 2.05) is 24.0 Å². The van der Waals surface area contributed by atoms with E-state index in [0.717, 1.165) is 38.5 Å². The molecule has 1 aliphatic heterocycles. The second-order valence-corrected chi connectivity index (χ2v) is 8.69. The van der Waals surface area contributed by atoms with Gasteiger partial charge < -0.3 is 19.0 Å². The van der Waals surface area contributed by atoms with Gasteiger partial charge in [0.1, 0.15) is 12.0 Å². The van der Waals surface area contributed by atoms with Gasteiger partial charge in [0.25, 0.3) is 5.91 Å². The van der Waals surface area contributed by atoms with Crippen molar-refractivity contribution in [3.63, 3.8) is 0 Å². The Hall–Kier alpha value is -2.38. The predicted molar refractivity (Wildman–Crippen MR) is 121 cm³/mol. The van der Waals surface area contributed by atoms with Crippen molar-refractivity contribution < 1.29 is 13.9 Å². The zero-order valence-corrected chi connectivity index (χ0v) is 19.5. The average Bonchev–Trinajstić information content (AvgIpc) is 3.23. The Morgan fingerprint density at radius 3 is 2.42 bits per heavy atom. The van der Waals surface area contributed by atoms with Crippen LogP contribution in [0.4, 0.5) is 0 Å². The molecule has 0 bridgehead atoms. The molecule has 1 atom stereocenters. The molecule has 1 aromatic carbocycles. The molecule has 3 rings (SSSR count). The molecule has 1 fully saturated rings. The summed E-state index contributed by atoms with van der Waals surface area (Å²) < 4.78 is 11.3. The van der Waals surface area contributed by atoms with E-state index in [0.29, 0.717) is 36.7 Å². The SMILES string of the molecule is CCOc1ccc(CN(Cc2nc(C(=O)N3CCN(C)CC3)co2)C(C)C(C)C)cc1. The van der Waals surface area contributed by atoms with E-state index in [2.05, 4.69) is 54.7 Å². The molecular formula is C24H36N4O3. The summed E-state index contributed by atoms with van der Waals surface area (Å²) in [6, 6.07) is 8.55. The Morgan fingerprint density at radius 2 is 1.81 bits per heavy atom. The third kappa shape index (κ3) is 6.31. The minimum Gasteiger partial charge on any atom is -0.494 e. The Labute approximate surface area is 186 Å². The molecule has 7 heteroatoms. The fourth-order valence-corrected chi connectivity index (χ4v) is 3.68. The summed E-state index contributed by atoms with van der Waals surface area (Å²) in [4.78, 5) is 23.7. The predicted octanol–water partition coefficient (Wildman–Crippen LogP) is 3.51. The highest BCUT2D eigenvalue weighted by Gasteiger charge is 2.25. The Balaban J connectivity index is 1.68. The molecule has 1 amide bonds. The van der Waals surface area contributed by atoms with Crippen LogP contribution in [-0.2, 0) is 13.1 Å². The molecule has 7 nitrogen and oxygen atoms in total. The third-order valence-electron chi connectivity index (χ3n) is 6.06. The van der Waals surface area contributed by atoms with E-state index in [1.54, 1.807) is 0 Å². The van der Waals surface area contributed by atoms with Crippen molar-refractivity contribution in [1.29, 1.82) is 0 Å². The second-order valence-electron chi connectivity index (χ2n) is 8.69. The first kappa shape index (κ1) is 23.3. The molecule has 2 aromatic rings. The number of hydrogen-bond donors (Lipinski definition) is 0. The summed E-state index contributed by atoms with van der Waals surface area (Å²) in [5.41, 5.74) is 1.61. The lowest BCUT2D eigenvalue weighted by Crippen LogP contribution is -2.47. The molecule has 170 valence electrons. The quantitative estimate of drug-likeness (QED) is 0.609. The van der Waals surface area contributed by atoms with Crippen LogP contribution in [0.25, 0.3) is 0 Å². The minimum absolute atomic E-state index is 0.0435. The summed E-state index contributed by atoms with van der Waals surface area (Å²) >= 11 is 0. The molecule has 0 N–H and O–H groups in total. The number of carbonyl (C=O) groups excluding carboxylic acids is 1. The highest BCUT2D eigenvalue weighted by Crippen LogP contribution is 2.20. The van der Waals surface area contributed by atoms with Gasteiger partial charge in [-0.15, -0.1) is 0 Å². The molecule has 1 saturated heterocycles. The maximum absolute atomic E-state index is 12.8. The van der Waals surface area contributed by atoms with Gasteiger partial charge in [-0.05, 0) is 44.5 Å². The summed E-state index contributed by atoms with van der Waals surface area (Å²) in [6.45, 7) is 13.9. The number of likely N-dealkylation sites (N-methyl/N-ethyl adjacent to an activating group) is 1. The molecule has 31 heavy (non-hydrogen) atoms. The first-order chi connectivity index (χ1) is 14.9. The van der Waals surface area contributed by atoms with Crippen LogP contribution in [0.15, 0.2) is 34.9 Å². The van der Waals surface area contributed by atoms with Gasteiger partial charge in [0.15, 0.2) is 5.69 Å². The number of aromatic nitrogens is 1. The van der Waals surface area contributed by atoms with Crippen molar-refractivity contribution in [3.8, 4) is 5.75 Å². The van der Waals surface area contributed by atoms with Crippen LogP contribution in [0.5, 0.6) is 5.75 Å². The fraction of sp³-hybridized carbons (Fsp3) is 0.583. The lowest BCUT2D eigenvalue weighted by Gasteiger charge is -2.31. The second kappa shape index (κ2) is 10.8. The number of oxazole rings is 1. The van der Waals surface area contributed by atoms with Gasteiger partial charge in [0.2, 0.25) is 5.89 Å². The van der Waals surface area contributed by atoms with Crippen LogP contribution >= 0.6 is 0 Å². The molecule has 0 aliphatic carbocycles. The number of nitrogens with zero attached hydrogens (tertiary/aromatic N) is 4. The number of rotatable bonds is 9. The normalized spacial score (nSPS) is 16.2. The van der Waals surface area contributed by atoms with Crippen molar-refractivity contribution in [2.75, 3.05) is 39.8 Å². The highest BCUT2D eigenvalue weighted by molar-refractivity contribution is 5.92. The monoisotopic (exact) mass is 428 g/mol. The van der Waals surface area contributed by atoms with Crippen molar-refractivity contribution in [2.24, 2.45) is 5.92 Å². The van der Waals surface area contributed by atoms with E-state index in [4.69, 9.17) is 9.15 Å². The van der Waals surface area contributed by atoms with Crippen molar-refractivity contribution in [1.82, 2.24) is 19.7 Å². The minimum atomic E-state index is -0.0435. The van der Waals surface area contributed by atoms with Crippen LogP contribution in [-0.4, -0.2) is 71.5 Å². The van der Waals surface area contributed by atoms with Crippen LogP contribution in [0, 0.1) is 5.92 Å². The lowest BCUT2D eigenvalue weighted by molar-refractivity contribution is 0.0658. The van der Waals surface area contributed by atoms with E-state index >= 15 is 0 Å². The van der Waals surface area contributed by atoms with Gasteiger partial charge in [-0.3, -0.25) is 9.69 Å². The Morgan fingerprint density at radius 1 is 1.13 bits per heavy atom. The number of piperazine rings is 1. The van der Waals surface area contributed by atoms with Gasteiger partial charge >= 0.3 is 0 Å². The van der Waals surface area contributed by atoms with Gasteiger partial charge in [-0.2, -0.15) is 0 Å². The molecule has 0 saturated carbocycles. The summed E-state index contributed by atoms with van der Waals surface area (Å²) in [5.74, 6) is 1.90. The van der Waals surface area contributed by atoms with E-state index < -0.39 is 0 Å². The van der Waals surface area contributed by atoms with Crippen LogP contribution in [0.2, 0.25) is 0 Å². The zero-order valence-electron chi connectivity index (χ0n) is 19.5. The number of ether oxygens (including phenoxy) is 1. The Bertz CT molecular complexity index is 826. The smallest absolute Gasteiger partial charge is 0.275 e. The Kier molecular flexibility index (Phi) is 8.09. The maximum Gasteiger partial charge on any atom is 0.275 e. The number of hydrogen-bond acceptors (Lipinski definition) is 6. The highest BCUT2D eigenvalue weighted by atomic mass is 16.5. The van der Waals surface area contributed by atoms with Crippen molar-refractivity contribution >= 4 is 5.91 Å². The van der Waals surface area contributed by atoms with E-state index in [1.165, 1.54) is 11.8 Å². The third-order valence-corrected chi connectivity index (χ3v) is 6.06. The van der Waals surface area contributed by atoms with Gasteiger partial charge in [0.05, 0.1) is 13.2 Å². The molecule has 1 aromatic heterocycles. The molecule has 1 unspecified atom stereocenters. The van der Waals surface area contributed by atoms with Crippen molar-refractivity contribution in [3.05, 3.63) is 47.7 Å². The number of benzene rings is 1. The largest absolute Gasteiger partial charge is 0.494 e. The topological polar surface area (TPSA) is 62.1 Å². The van der Waals surface area contributed by atoms with Gasteiger partial charge in [-0.1, -0.05) is 26.0 Å². The van der Waals surface area contributed by atoms with Crippen LogP contribution in [0.1, 0.15) is 49.6 Å². The van der Waals surface area contributed by atoms with Gasteiger partial charge in [0, 0.05) is 38.8 Å². The molecular weight excluding hydrogens is 392 g/mol. The first-order valence-corrected chi connectivity index (χ1v) is 11.2. The van der Waals surface area contributed by atoms with Gasteiger partial charge in [-0.25, -0.2) is 4.98 Å². The molecule has 1 aliphatic rings. The zero-order chi connectivity index (χ0) is 22.4. The summed E-state index contributed by atoms with van der Waals surface area (Å²) in [6.07, 6.45) is 1.51. The molecule has 0 radical (unpaired) electrons. The first-order valence-electron chi connectivity index (χ1n) is 11.2.